The highest BCUT2D eigenvalue weighted by Crippen LogP contribution is 2.20. The molecule has 0 aromatic carbocycles. The molecule has 0 spiro atoms. The molecule has 0 unspecified atom stereocenters. The SMILES string of the molecule is Cc1nn(C)cc1-c1cccc(C(=O)O)n1. The maximum atomic E-state index is 10.8. The van der Waals surface area contributed by atoms with E-state index in [-0.39, 0.29) is 5.69 Å². The monoisotopic (exact) mass is 217 g/mol. The molecule has 5 nitrogen and oxygen atoms in total. The van der Waals surface area contributed by atoms with Gasteiger partial charge in [-0.25, -0.2) is 9.78 Å². The molecular weight excluding hydrogens is 206 g/mol. The number of pyridine rings is 1. The zero-order valence-corrected chi connectivity index (χ0v) is 9.01. The van der Waals surface area contributed by atoms with Crippen LogP contribution < -0.4 is 0 Å². The molecule has 0 saturated carbocycles. The van der Waals surface area contributed by atoms with Crippen LogP contribution in [0.4, 0.5) is 0 Å². The lowest BCUT2D eigenvalue weighted by atomic mass is 10.1. The molecule has 0 fully saturated rings. The maximum absolute atomic E-state index is 10.8. The highest BCUT2D eigenvalue weighted by molar-refractivity contribution is 5.86. The van der Waals surface area contributed by atoms with Crippen molar-refractivity contribution >= 4 is 5.97 Å². The van der Waals surface area contributed by atoms with Gasteiger partial charge in [-0.05, 0) is 19.1 Å². The molecule has 16 heavy (non-hydrogen) atoms. The first kappa shape index (κ1) is 10.4. The molecule has 0 aliphatic rings. The van der Waals surface area contributed by atoms with E-state index in [0.29, 0.717) is 5.69 Å². The number of nitrogens with zero attached hydrogens (tertiary/aromatic N) is 3. The van der Waals surface area contributed by atoms with Crippen molar-refractivity contribution in [3.05, 3.63) is 35.8 Å². The molecule has 0 radical (unpaired) electrons. The van der Waals surface area contributed by atoms with Gasteiger partial charge in [0.15, 0.2) is 0 Å². The number of hydrogen-bond donors (Lipinski definition) is 1. The first-order valence-electron chi connectivity index (χ1n) is 4.79. The highest BCUT2D eigenvalue weighted by Gasteiger charge is 2.10. The van der Waals surface area contributed by atoms with Crippen LogP contribution in [-0.2, 0) is 7.05 Å². The molecule has 0 saturated heterocycles. The van der Waals surface area contributed by atoms with Crippen molar-refractivity contribution in [2.75, 3.05) is 0 Å². The van der Waals surface area contributed by atoms with E-state index < -0.39 is 5.97 Å². The van der Waals surface area contributed by atoms with E-state index in [4.69, 9.17) is 5.11 Å². The lowest BCUT2D eigenvalue weighted by molar-refractivity contribution is 0.0690. The number of carbonyl (C=O) groups is 1. The molecule has 1 N–H and O–H groups in total. The van der Waals surface area contributed by atoms with Gasteiger partial charge in [0.05, 0.1) is 11.4 Å². The summed E-state index contributed by atoms with van der Waals surface area (Å²) >= 11 is 0. The van der Waals surface area contributed by atoms with Crippen molar-refractivity contribution in [3.8, 4) is 11.3 Å². The summed E-state index contributed by atoms with van der Waals surface area (Å²) in [6, 6.07) is 4.92. The molecule has 0 bridgehead atoms. The van der Waals surface area contributed by atoms with Crippen LogP contribution in [0.15, 0.2) is 24.4 Å². The van der Waals surface area contributed by atoms with E-state index in [1.54, 1.807) is 16.8 Å². The summed E-state index contributed by atoms with van der Waals surface area (Å²) in [6.45, 7) is 1.87. The van der Waals surface area contributed by atoms with E-state index in [2.05, 4.69) is 10.1 Å². The predicted octanol–water partition coefficient (Wildman–Crippen LogP) is 1.49. The average molecular weight is 217 g/mol. The Balaban J connectivity index is 2.52. The number of hydrogen-bond acceptors (Lipinski definition) is 3. The lowest BCUT2D eigenvalue weighted by Gasteiger charge is -1.99. The standard InChI is InChI=1S/C11H11N3O2/c1-7-8(6-14(2)13-7)9-4-3-5-10(12-9)11(15)16/h3-6H,1-2H3,(H,15,16). The molecule has 2 aromatic heterocycles. The molecule has 2 rings (SSSR count). The summed E-state index contributed by atoms with van der Waals surface area (Å²) in [6.07, 6.45) is 1.82. The first-order chi connectivity index (χ1) is 7.58. The number of carboxylic acids is 1. The highest BCUT2D eigenvalue weighted by atomic mass is 16.4. The Bertz CT molecular complexity index is 546. The van der Waals surface area contributed by atoms with Crippen molar-refractivity contribution < 1.29 is 9.90 Å². The summed E-state index contributed by atoms with van der Waals surface area (Å²) in [5.74, 6) is -1.02. The molecule has 2 aromatic rings. The Morgan fingerprint density at radius 3 is 2.75 bits per heavy atom. The lowest BCUT2D eigenvalue weighted by Crippen LogP contribution is -2.00. The molecule has 0 atom stereocenters. The van der Waals surface area contributed by atoms with Crippen molar-refractivity contribution in [1.82, 2.24) is 14.8 Å². The van der Waals surface area contributed by atoms with Crippen LogP contribution in [0, 0.1) is 6.92 Å². The van der Waals surface area contributed by atoms with Gasteiger partial charge >= 0.3 is 5.97 Å². The second-order valence-electron chi connectivity index (χ2n) is 3.52. The molecule has 0 aliphatic carbocycles. The maximum Gasteiger partial charge on any atom is 0.354 e. The fourth-order valence-electron chi connectivity index (χ4n) is 1.55. The van der Waals surface area contributed by atoms with Crippen LogP contribution in [0.3, 0.4) is 0 Å². The smallest absolute Gasteiger partial charge is 0.354 e. The van der Waals surface area contributed by atoms with Crippen molar-refractivity contribution in [1.29, 1.82) is 0 Å². The second-order valence-corrected chi connectivity index (χ2v) is 3.52. The topological polar surface area (TPSA) is 68.0 Å². The van der Waals surface area contributed by atoms with Gasteiger partial charge in [-0.3, -0.25) is 4.68 Å². The molecule has 0 amide bonds. The molecule has 0 aliphatic heterocycles. The average Bonchev–Trinajstić information content (AvgIpc) is 2.58. The minimum absolute atomic E-state index is 0.0424. The van der Waals surface area contributed by atoms with E-state index in [1.807, 2.05) is 20.2 Å². The number of rotatable bonds is 2. The van der Waals surface area contributed by atoms with Gasteiger partial charge in [-0.1, -0.05) is 6.07 Å². The second kappa shape index (κ2) is 3.77. The van der Waals surface area contributed by atoms with Gasteiger partial charge < -0.3 is 5.11 Å². The third-order valence-electron chi connectivity index (χ3n) is 2.26. The summed E-state index contributed by atoms with van der Waals surface area (Å²) in [5.41, 5.74) is 2.36. The van der Waals surface area contributed by atoms with Crippen LogP contribution in [0.25, 0.3) is 11.3 Å². The largest absolute Gasteiger partial charge is 0.477 e. The van der Waals surface area contributed by atoms with Crippen LogP contribution in [0.5, 0.6) is 0 Å². The third kappa shape index (κ3) is 1.79. The van der Waals surface area contributed by atoms with Gasteiger partial charge in [0.25, 0.3) is 0 Å². The first-order valence-corrected chi connectivity index (χ1v) is 4.79. The number of aryl methyl sites for hydroxylation is 2. The van der Waals surface area contributed by atoms with E-state index in [1.165, 1.54) is 6.07 Å². The van der Waals surface area contributed by atoms with E-state index in [9.17, 15) is 4.79 Å². The van der Waals surface area contributed by atoms with Crippen LogP contribution >= 0.6 is 0 Å². The van der Waals surface area contributed by atoms with E-state index in [0.717, 1.165) is 11.3 Å². The molecular formula is C11H11N3O2. The number of carboxylic acid groups (broad SMARTS) is 1. The zero-order chi connectivity index (χ0) is 11.7. The van der Waals surface area contributed by atoms with Crippen LogP contribution in [0.1, 0.15) is 16.2 Å². The van der Waals surface area contributed by atoms with Gasteiger partial charge in [0.1, 0.15) is 5.69 Å². The minimum Gasteiger partial charge on any atom is -0.477 e. The third-order valence-corrected chi connectivity index (χ3v) is 2.26. The number of aromatic nitrogens is 3. The van der Waals surface area contributed by atoms with Crippen molar-refractivity contribution in [2.45, 2.75) is 6.92 Å². The van der Waals surface area contributed by atoms with Crippen LogP contribution in [-0.4, -0.2) is 25.8 Å². The Morgan fingerprint density at radius 1 is 1.44 bits per heavy atom. The summed E-state index contributed by atoms with van der Waals surface area (Å²) in [4.78, 5) is 14.9. The van der Waals surface area contributed by atoms with E-state index >= 15 is 0 Å². The fraction of sp³-hybridized carbons (Fsp3) is 0.182. The van der Waals surface area contributed by atoms with Crippen LogP contribution in [0.2, 0.25) is 0 Å². The van der Waals surface area contributed by atoms with Crippen molar-refractivity contribution in [3.63, 3.8) is 0 Å². The quantitative estimate of drug-likeness (QED) is 0.827. The predicted molar refractivity (Wildman–Crippen MR) is 58.1 cm³/mol. The van der Waals surface area contributed by atoms with Gasteiger partial charge in [0.2, 0.25) is 0 Å². The summed E-state index contributed by atoms with van der Waals surface area (Å²) in [5, 5.41) is 13.0. The molecule has 82 valence electrons. The zero-order valence-electron chi connectivity index (χ0n) is 9.01. The Morgan fingerprint density at radius 2 is 2.19 bits per heavy atom. The normalized spacial score (nSPS) is 10.4. The summed E-state index contributed by atoms with van der Waals surface area (Å²) in [7, 11) is 1.82. The van der Waals surface area contributed by atoms with Gasteiger partial charge in [0, 0.05) is 18.8 Å². The molecule has 2 heterocycles. The Kier molecular flexibility index (Phi) is 2.44. The fourth-order valence-corrected chi connectivity index (χ4v) is 1.55. The minimum atomic E-state index is -1.02. The molecule has 5 heteroatoms. The Hall–Kier alpha value is -2.17. The Labute approximate surface area is 92.4 Å². The van der Waals surface area contributed by atoms with Crippen molar-refractivity contribution in [2.24, 2.45) is 7.05 Å². The number of aromatic carboxylic acids is 1. The summed E-state index contributed by atoms with van der Waals surface area (Å²) < 4.78 is 1.68. The van der Waals surface area contributed by atoms with Gasteiger partial charge in [-0.2, -0.15) is 5.10 Å². The van der Waals surface area contributed by atoms with Gasteiger partial charge in [-0.15, -0.1) is 0 Å².